The van der Waals surface area contributed by atoms with Crippen LogP contribution in [0.4, 0.5) is 11.8 Å². The van der Waals surface area contributed by atoms with Crippen molar-refractivity contribution < 1.29 is 0 Å². The molecule has 0 spiro atoms. The highest BCUT2D eigenvalue weighted by molar-refractivity contribution is 5.41. The Morgan fingerprint density at radius 2 is 2.06 bits per heavy atom. The summed E-state index contributed by atoms with van der Waals surface area (Å²) in [6.07, 6.45) is 4.47. The molecule has 2 aromatic rings. The van der Waals surface area contributed by atoms with Crippen LogP contribution in [0.5, 0.6) is 0 Å². The normalized spacial score (nSPS) is 10.1. The third kappa shape index (κ3) is 3.16. The van der Waals surface area contributed by atoms with Gasteiger partial charge in [0, 0.05) is 45.1 Å². The number of nitrogens with one attached hydrogen (secondary N) is 1. The summed E-state index contributed by atoms with van der Waals surface area (Å²) in [6.45, 7) is 0.872. The number of pyridine rings is 1. The summed E-state index contributed by atoms with van der Waals surface area (Å²) >= 11 is 0. The van der Waals surface area contributed by atoms with E-state index in [0.29, 0.717) is 5.95 Å². The summed E-state index contributed by atoms with van der Waals surface area (Å²) in [4.78, 5) is 14.9. The van der Waals surface area contributed by atoms with Crippen LogP contribution in [0, 0.1) is 0 Å². The number of aromatic nitrogens is 3. The average Bonchev–Trinajstić information content (AvgIpc) is 2.46. The summed E-state index contributed by atoms with van der Waals surface area (Å²) in [6, 6.07) is 7.87. The van der Waals surface area contributed by atoms with Crippen LogP contribution < -0.4 is 10.2 Å². The first kappa shape index (κ1) is 12.3. The van der Waals surface area contributed by atoms with Crippen molar-refractivity contribution in [2.45, 2.75) is 6.42 Å². The molecule has 2 rings (SSSR count). The van der Waals surface area contributed by atoms with Crippen molar-refractivity contribution >= 4 is 11.8 Å². The molecule has 2 aromatic heterocycles. The molecule has 0 saturated heterocycles. The minimum absolute atomic E-state index is 0.636. The fourth-order valence-corrected chi connectivity index (χ4v) is 1.63. The van der Waals surface area contributed by atoms with E-state index in [0.717, 1.165) is 24.5 Å². The van der Waals surface area contributed by atoms with E-state index in [9.17, 15) is 0 Å². The molecule has 94 valence electrons. The van der Waals surface area contributed by atoms with E-state index < -0.39 is 0 Å². The second-order valence-corrected chi connectivity index (χ2v) is 3.98. The zero-order valence-electron chi connectivity index (χ0n) is 10.7. The molecule has 5 heteroatoms. The lowest BCUT2D eigenvalue weighted by atomic mass is 10.2. The fraction of sp³-hybridized carbons (Fsp3) is 0.308. The molecule has 0 unspecified atom stereocenters. The van der Waals surface area contributed by atoms with Gasteiger partial charge in [-0.1, -0.05) is 6.07 Å². The highest BCUT2D eigenvalue weighted by Crippen LogP contribution is 2.10. The molecule has 0 aliphatic heterocycles. The van der Waals surface area contributed by atoms with Crippen LogP contribution in [-0.4, -0.2) is 35.6 Å². The summed E-state index contributed by atoms with van der Waals surface area (Å²) < 4.78 is 0. The standard InChI is InChI=1S/C13H17N5/c1-14-13-16-9-6-12(17-13)18(2)10-7-11-5-3-4-8-15-11/h3-6,8-9H,7,10H2,1-2H3,(H,14,16,17). The number of hydrogen-bond acceptors (Lipinski definition) is 5. The Morgan fingerprint density at radius 3 is 2.78 bits per heavy atom. The molecule has 5 nitrogen and oxygen atoms in total. The minimum Gasteiger partial charge on any atom is -0.359 e. The number of hydrogen-bond donors (Lipinski definition) is 1. The lowest BCUT2D eigenvalue weighted by Gasteiger charge is -2.18. The summed E-state index contributed by atoms with van der Waals surface area (Å²) in [7, 11) is 3.83. The molecule has 0 amide bonds. The Balaban J connectivity index is 1.97. The monoisotopic (exact) mass is 243 g/mol. The van der Waals surface area contributed by atoms with Gasteiger partial charge >= 0.3 is 0 Å². The number of likely N-dealkylation sites (N-methyl/N-ethyl adjacent to an activating group) is 1. The molecule has 0 fully saturated rings. The van der Waals surface area contributed by atoms with E-state index >= 15 is 0 Å². The zero-order valence-corrected chi connectivity index (χ0v) is 10.7. The first-order valence-corrected chi connectivity index (χ1v) is 5.91. The van der Waals surface area contributed by atoms with E-state index in [1.165, 1.54) is 0 Å². The number of rotatable bonds is 5. The van der Waals surface area contributed by atoms with Crippen LogP contribution in [0.3, 0.4) is 0 Å². The van der Waals surface area contributed by atoms with E-state index in [-0.39, 0.29) is 0 Å². The van der Waals surface area contributed by atoms with Crippen molar-refractivity contribution in [1.82, 2.24) is 15.0 Å². The Morgan fingerprint density at radius 1 is 1.17 bits per heavy atom. The lowest BCUT2D eigenvalue weighted by molar-refractivity contribution is 0.836. The van der Waals surface area contributed by atoms with Crippen molar-refractivity contribution in [3.8, 4) is 0 Å². The molecule has 0 aromatic carbocycles. The fourth-order valence-electron chi connectivity index (χ4n) is 1.63. The molecule has 0 aliphatic carbocycles. The van der Waals surface area contributed by atoms with Crippen molar-refractivity contribution in [2.75, 3.05) is 30.9 Å². The first-order chi connectivity index (χ1) is 8.79. The van der Waals surface area contributed by atoms with Gasteiger partial charge in [0.1, 0.15) is 5.82 Å². The zero-order chi connectivity index (χ0) is 12.8. The molecule has 0 saturated carbocycles. The van der Waals surface area contributed by atoms with Gasteiger partial charge in [0.2, 0.25) is 5.95 Å². The molecule has 2 heterocycles. The molecule has 1 N–H and O–H groups in total. The maximum absolute atomic E-state index is 4.39. The van der Waals surface area contributed by atoms with Gasteiger partial charge in [0.05, 0.1) is 0 Å². The molecule has 0 bridgehead atoms. The summed E-state index contributed by atoms with van der Waals surface area (Å²) in [5, 5.41) is 2.93. The summed E-state index contributed by atoms with van der Waals surface area (Å²) in [5.41, 5.74) is 1.09. The largest absolute Gasteiger partial charge is 0.359 e. The second kappa shape index (κ2) is 5.95. The topological polar surface area (TPSA) is 53.9 Å². The second-order valence-electron chi connectivity index (χ2n) is 3.98. The predicted octanol–water partition coefficient (Wildman–Crippen LogP) is 1.59. The van der Waals surface area contributed by atoms with Gasteiger partial charge in [-0.2, -0.15) is 4.98 Å². The third-order valence-corrected chi connectivity index (χ3v) is 2.69. The smallest absolute Gasteiger partial charge is 0.224 e. The Bertz CT molecular complexity index is 486. The van der Waals surface area contributed by atoms with Gasteiger partial charge < -0.3 is 10.2 Å². The predicted molar refractivity (Wildman–Crippen MR) is 72.8 cm³/mol. The molecule has 0 atom stereocenters. The van der Waals surface area contributed by atoms with E-state index in [4.69, 9.17) is 0 Å². The molecule has 0 radical (unpaired) electrons. The lowest BCUT2D eigenvalue weighted by Crippen LogP contribution is -2.22. The average molecular weight is 243 g/mol. The third-order valence-electron chi connectivity index (χ3n) is 2.69. The van der Waals surface area contributed by atoms with Crippen LogP contribution in [0.25, 0.3) is 0 Å². The van der Waals surface area contributed by atoms with Crippen molar-refractivity contribution in [2.24, 2.45) is 0 Å². The quantitative estimate of drug-likeness (QED) is 0.864. The Kier molecular flexibility index (Phi) is 4.06. The van der Waals surface area contributed by atoms with Gasteiger partial charge in [-0.3, -0.25) is 4.98 Å². The SMILES string of the molecule is CNc1nccc(N(C)CCc2ccccn2)n1. The van der Waals surface area contributed by atoms with Gasteiger partial charge in [0.15, 0.2) is 0 Å². The van der Waals surface area contributed by atoms with Gasteiger partial charge in [-0.05, 0) is 18.2 Å². The maximum atomic E-state index is 4.39. The van der Waals surface area contributed by atoms with E-state index in [1.807, 2.05) is 44.6 Å². The summed E-state index contributed by atoms with van der Waals surface area (Å²) in [5.74, 6) is 1.54. The first-order valence-electron chi connectivity index (χ1n) is 5.91. The number of anilines is 2. The highest BCUT2D eigenvalue weighted by atomic mass is 15.2. The Labute approximate surface area is 107 Å². The maximum Gasteiger partial charge on any atom is 0.224 e. The van der Waals surface area contributed by atoms with Crippen LogP contribution in [-0.2, 0) is 6.42 Å². The van der Waals surface area contributed by atoms with Gasteiger partial charge in [0.25, 0.3) is 0 Å². The minimum atomic E-state index is 0.636. The van der Waals surface area contributed by atoms with Crippen molar-refractivity contribution in [3.05, 3.63) is 42.4 Å². The molecule has 18 heavy (non-hydrogen) atoms. The van der Waals surface area contributed by atoms with Gasteiger partial charge in [-0.15, -0.1) is 0 Å². The molecule has 0 aliphatic rings. The number of nitrogens with zero attached hydrogens (tertiary/aromatic N) is 4. The van der Waals surface area contributed by atoms with Crippen LogP contribution in [0.1, 0.15) is 5.69 Å². The molecular formula is C13H17N5. The van der Waals surface area contributed by atoms with Crippen molar-refractivity contribution in [3.63, 3.8) is 0 Å². The Hall–Kier alpha value is -2.17. The van der Waals surface area contributed by atoms with Crippen LogP contribution in [0.15, 0.2) is 36.7 Å². The van der Waals surface area contributed by atoms with Gasteiger partial charge in [-0.25, -0.2) is 4.98 Å². The molecular weight excluding hydrogens is 226 g/mol. The van der Waals surface area contributed by atoms with Crippen molar-refractivity contribution in [1.29, 1.82) is 0 Å². The van der Waals surface area contributed by atoms with Crippen LogP contribution >= 0.6 is 0 Å². The van der Waals surface area contributed by atoms with E-state index in [1.54, 1.807) is 6.20 Å². The van der Waals surface area contributed by atoms with E-state index in [2.05, 4.69) is 25.2 Å². The van der Waals surface area contributed by atoms with Crippen LogP contribution in [0.2, 0.25) is 0 Å². The highest BCUT2D eigenvalue weighted by Gasteiger charge is 2.04.